The van der Waals surface area contributed by atoms with E-state index in [1.165, 1.54) is 6.92 Å². The first-order valence-corrected chi connectivity index (χ1v) is 5.99. The summed E-state index contributed by atoms with van der Waals surface area (Å²) >= 11 is 0.412. The summed E-state index contributed by atoms with van der Waals surface area (Å²) < 4.78 is 37.9. The number of nitrogens with two attached hydrogens (primary N) is 2. The average molecular weight is 287 g/mol. The van der Waals surface area contributed by atoms with Gasteiger partial charge in [-0.3, -0.25) is 9.79 Å². The van der Waals surface area contributed by atoms with Gasteiger partial charge in [0.2, 0.25) is 0 Å². The number of hydrogen-bond donors (Lipinski definition) is 3. The lowest BCUT2D eigenvalue weighted by Gasteiger charge is -2.23. The van der Waals surface area contributed by atoms with Crippen LogP contribution in [-0.4, -0.2) is 46.2 Å². The molecule has 5 N–H and O–H groups in total. The van der Waals surface area contributed by atoms with E-state index >= 15 is 0 Å². The van der Waals surface area contributed by atoms with Crippen molar-refractivity contribution >= 4 is 23.6 Å². The van der Waals surface area contributed by atoms with Gasteiger partial charge in [-0.15, -0.1) is 11.8 Å². The van der Waals surface area contributed by atoms with E-state index in [4.69, 9.17) is 16.6 Å². The SMILES string of the molecule is CC(N)=NCC(SC[C@](C)(N)C(=O)O)C(F)(F)F. The first-order chi connectivity index (χ1) is 7.97. The van der Waals surface area contributed by atoms with E-state index in [-0.39, 0.29) is 11.6 Å². The van der Waals surface area contributed by atoms with E-state index in [1.807, 2.05) is 0 Å². The van der Waals surface area contributed by atoms with Crippen molar-refractivity contribution in [2.24, 2.45) is 16.5 Å². The fourth-order valence-corrected chi connectivity index (χ4v) is 1.85. The van der Waals surface area contributed by atoms with Crippen LogP contribution in [0.3, 0.4) is 0 Å². The van der Waals surface area contributed by atoms with Gasteiger partial charge in [-0.05, 0) is 13.8 Å². The molecule has 2 atom stereocenters. The van der Waals surface area contributed by atoms with E-state index in [2.05, 4.69) is 4.99 Å². The highest BCUT2D eigenvalue weighted by Gasteiger charge is 2.41. The lowest BCUT2D eigenvalue weighted by Crippen LogP contribution is -2.48. The quantitative estimate of drug-likeness (QED) is 0.496. The number of carboxylic acids is 1. The summed E-state index contributed by atoms with van der Waals surface area (Å²) in [5, 5.41) is 6.89. The molecule has 0 spiro atoms. The smallest absolute Gasteiger partial charge is 0.402 e. The molecule has 0 bridgehead atoms. The number of aliphatic carboxylic acids is 1. The van der Waals surface area contributed by atoms with Gasteiger partial charge in [0.25, 0.3) is 0 Å². The highest BCUT2D eigenvalue weighted by molar-refractivity contribution is 8.00. The minimum absolute atomic E-state index is 0.0404. The van der Waals surface area contributed by atoms with Crippen LogP contribution in [0, 0.1) is 0 Å². The number of alkyl halides is 3. The second kappa shape index (κ2) is 6.28. The third-order valence-electron chi connectivity index (χ3n) is 1.94. The number of hydrogen-bond acceptors (Lipinski definition) is 4. The van der Waals surface area contributed by atoms with Gasteiger partial charge in [0.05, 0.1) is 12.4 Å². The summed E-state index contributed by atoms with van der Waals surface area (Å²) in [6, 6.07) is 0. The van der Waals surface area contributed by atoms with Crippen LogP contribution in [0.2, 0.25) is 0 Å². The minimum Gasteiger partial charge on any atom is -0.480 e. The molecule has 0 aromatic rings. The van der Waals surface area contributed by atoms with Crippen LogP contribution in [-0.2, 0) is 4.79 Å². The van der Waals surface area contributed by atoms with Crippen LogP contribution in [0.1, 0.15) is 13.8 Å². The second-order valence-electron chi connectivity index (χ2n) is 4.05. The van der Waals surface area contributed by atoms with Crippen molar-refractivity contribution in [1.29, 1.82) is 0 Å². The van der Waals surface area contributed by atoms with Crippen LogP contribution in [0.4, 0.5) is 13.2 Å². The van der Waals surface area contributed by atoms with Gasteiger partial charge >= 0.3 is 12.1 Å². The van der Waals surface area contributed by atoms with Crippen molar-refractivity contribution in [3.8, 4) is 0 Å². The number of carboxylic acid groups (broad SMARTS) is 1. The molecule has 18 heavy (non-hydrogen) atoms. The molecule has 9 heteroatoms. The Morgan fingerprint density at radius 3 is 2.33 bits per heavy atom. The third kappa shape index (κ3) is 6.10. The zero-order valence-corrected chi connectivity index (χ0v) is 10.8. The number of thioether (sulfide) groups is 1. The Labute approximate surface area is 107 Å². The Balaban J connectivity index is 4.63. The number of carbonyl (C=O) groups is 1. The molecule has 0 fully saturated rings. The minimum atomic E-state index is -4.49. The number of amidine groups is 1. The lowest BCUT2D eigenvalue weighted by molar-refractivity contribution is -0.142. The molecule has 1 unspecified atom stereocenters. The van der Waals surface area contributed by atoms with E-state index in [1.54, 1.807) is 0 Å². The molecule has 0 aliphatic heterocycles. The normalized spacial score (nSPS) is 18.2. The Morgan fingerprint density at radius 2 is 2.00 bits per heavy atom. The molecule has 0 aliphatic carbocycles. The van der Waals surface area contributed by atoms with Crippen molar-refractivity contribution in [2.75, 3.05) is 12.3 Å². The molecule has 0 saturated heterocycles. The van der Waals surface area contributed by atoms with E-state index in [0.717, 1.165) is 6.92 Å². The van der Waals surface area contributed by atoms with Gasteiger partial charge in [-0.25, -0.2) is 0 Å². The summed E-state index contributed by atoms with van der Waals surface area (Å²) in [5.74, 6) is -1.68. The largest absolute Gasteiger partial charge is 0.480 e. The number of nitrogens with zero attached hydrogens (tertiary/aromatic N) is 1. The molecule has 5 nitrogen and oxygen atoms in total. The van der Waals surface area contributed by atoms with Crippen molar-refractivity contribution in [3.63, 3.8) is 0 Å². The summed E-state index contributed by atoms with van der Waals surface area (Å²) in [7, 11) is 0. The van der Waals surface area contributed by atoms with Crippen LogP contribution in [0.5, 0.6) is 0 Å². The molecule has 0 heterocycles. The second-order valence-corrected chi connectivity index (χ2v) is 5.24. The standard InChI is InChI=1S/C9H16F3N3O2S/c1-5(13)15-3-6(9(10,11)12)18-4-8(2,14)7(16)17/h6H,3-4,14H2,1-2H3,(H2,13,15)(H,16,17)/t6?,8-/m0/s1. The van der Waals surface area contributed by atoms with Crippen LogP contribution >= 0.6 is 11.8 Å². The van der Waals surface area contributed by atoms with Gasteiger partial charge in [0.1, 0.15) is 10.8 Å². The molecule has 0 rings (SSSR count). The van der Waals surface area contributed by atoms with Crippen molar-refractivity contribution in [3.05, 3.63) is 0 Å². The molecule has 0 aliphatic rings. The van der Waals surface area contributed by atoms with Crippen molar-refractivity contribution in [2.45, 2.75) is 30.8 Å². The predicted octanol–water partition coefficient (Wildman–Crippen LogP) is 0.830. The third-order valence-corrected chi connectivity index (χ3v) is 3.53. The van der Waals surface area contributed by atoms with E-state index in [9.17, 15) is 18.0 Å². The molecule has 0 saturated carbocycles. The monoisotopic (exact) mass is 287 g/mol. The highest BCUT2D eigenvalue weighted by Crippen LogP contribution is 2.32. The Kier molecular flexibility index (Phi) is 5.94. The lowest BCUT2D eigenvalue weighted by atomic mass is 10.1. The maximum absolute atomic E-state index is 12.6. The molecule has 0 amide bonds. The van der Waals surface area contributed by atoms with Crippen molar-refractivity contribution < 1.29 is 23.1 Å². The van der Waals surface area contributed by atoms with Gasteiger partial charge in [0.15, 0.2) is 0 Å². The van der Waals surface area contributed by atoms with Crippen LogP contribution in [0.15, 0.2) is 4.99 Å². The summed E-state index contributed by atoms with van der Waals surface area (Å²) in [6.45, 7) is 1.99. The molecule has 0 aromatic carbocycles. The summed E-state index contributed by atoms with van der Waals surface area (Å²) in [5.41, 5.74) is 8.81. The zero-order chi connectivity index (χ0) is 14.6. The molecule has 0 aromatic heterocycles. The fourth-order valence-electron chi connectivity index (χ4n) is 0.813. The van der Waals surface area contributed by atoms with Crippen molar-refractivity contribution in [1.82, 2.24) is 0 Å². The molecule has 0 radical (unpaired) electrons. The number of halogens is 3. The Morgan fingerprint density at radius 1 is 1.50 bits per heavy atom. The average Bonchev–Trinajstić information content (AvgIpc) is 2.14. The van der Waals surface area contributed by atoms with Gasteiger partial charge < -0.3 is 16.6 Å². The summed E-state index contributed by atoms with van der Waals surface area (Å²) in [6.07, 6.45) is -4.49. The number of rotatable bonds is 6. The highest BCUT2D eigenvalue weighted by atomic mass is 32.2. The predicted molar refractivity (Wildman–Crippen MR) is 64.7 cm³/mol. The molecular formula is C9H16F3N3O2S. The van der Waals surface area contributed by atoms with Crippen LogP contribution in [0.25, 0.3) is 0 Å². The van der Waals surface area contributed by atoms with Gasteiger partial charge in [0, 0.05) is 5.75 Å². The topological polar surface area (TPSA) is 102 Å². The Hall–Kier alpha value is -0.960. The van der Waals surface area contributed by atoms with E-state index < -0.39 is 29.5 Å². The molecule has 106 valence electrons. The van der Waals surface area contributed by atoms with Gasteiger partial charge in [-0.2, -0.15) is 13.2 Å². The number of aliphatic imine (C=N–C) groups is 1. The Bertz CT molecular complexity index is 328. The fraction of sp³-hybridized carbons (Fsp3) is 0.778. The maximum Gasteiger partial charge on any atom is 0.402 e. The summed E-state index contributed by atoms with van der Waals surface area (Å²) in [4.78, 5) is 14.2. The van der Waals surface area contributed by atoms with Crippen LogP contribution < -0.4 is 11.5 Å². The maximum atomic E-state index is 12.6. The zero-order valence-electron chi connectivity index (χ0n) is 9.99. The van der Waals surface area contributed by atoms with E-state index in [0.29, 0.717) is 11.8 Å². The molecular weight excluding hydrogens is 271 g/mol. The first-order valence-electron chi connectivity index (χ1n) is 4.94. The van der Waals surface area contributed by atoms with Gasteiger partial charge in [-0.1, -0.05) is 0 Å². The first kappa shape index (κ1) is 17.0.